The number of para-hydroxylation sites is 2. The van der Waals surface area contributed by atoms with Gasteiger partial charge in [0.2, 0.25) is 5.88 Å². The first-order valence-corrected chi connectivity index (χ1v) is 12.2. The Balaban J connectivity index is 0.00000294. The smallest absolute Gasteiger partial charge is 0.219 e. The van der Waals surface area contributed by atoms with Gasteiger partial charge in [0.15, 0.2) is 0 Å². The van der Waals surface area contributed by atoms with Crippen LogP contribution < -0.4 is 4.74 Å². The second-order valence-corrected chi connectivity index (χ2v) is 10.1. The van der Waals surface area contributed by atoms with E-state index < -0.39 is 0 Å². The van der Waals surface area contributed by atoms with Crippen molar-refractivity contribution in [3.05, 3.63) is 109 Å². The summed E-state index contributed by atoms with van der Waals surface area (Å²) in [4.78, 5) is 9.64. The van der Waals surface area contributed by atoms with Gasteiger partial charge in [0, 0.05) is 49.9 Å². The Labute approximate surface area is 236 Å². The average Bonchev–Trinajstić information content (AvgIpc) is 3.23. The van der Waals surface area contributed by atoms with Gasteiger partial charge in [-0.1, -0.05) is 68.8 Å². The number of fused-ring (bicyclic) bond motifs is 3. The number of benzene rings is 3. The number of phenols is 1. The molecule has 38 heavy (non-hydrogen) atoms. The molecule has 1 N–H and O–H groups in total. The summed E-state index contributed by atoms with van der Waals surface area (Å²) in [6.07, 6.45) is 1.81. The van der Waals surface area contributed by atoms with Crippen molar-refractivity contribution in [1.29, 1.82) is 0 Å². The van der Waals surface area contributed by atoms with Gasteiger partial charge < -0.3 is 9.84 Å². The maximum Gasteiger partial charge on any atom is 0.219 e. The molecule has 3 aromatic carbocycles. The summed E-state index contributed by atoms with van der Waals surface area (Å²) < 4.78 is 8.39. The molecule has 0 spiro atoms. The third-order valence-electron chi connectivity index (χ3n) is 6.49. The van der Waals surface area contributed by atoms with Gasteiger partial charge in [0.25, 0.3) is 0 Å². The van der Waals surface area contributed by atoms with Crippen LogP contribution in [0.3, 0.4) is 0 Å². The maximum atomic E-state index is 10.3. The van der Waals surface area contributed by atoms with Crippen LogP contribution in [0.2, 0.25) is 0 Å². The predicted molar refractivity (Wildman–Crippen MR) is 148 cm³/mol. The quantitative estimate of drug-likeness (QED) is 0.193. The zero-order valence-electron chi connectivity index (χ0n) is 21.3. The molecular formula is C32H26N3O2Pt-. The third kappa shape index (κ3) is 4.70. The standard InChI is InChI=1S/C32H26N3O2.Pt/c1-32(2,3)22-19-29(35-27-15-6-4-13-25(27)26-14-9-17-33-31(26)35)34-30(20-22)37-23-11-8-10-21(18-23)24-12-5-7-16-28(24)36;/h4-17,19-20,36H,1-3H3;/q-1;. The molecule has 0 amide bonds. The van der Waals surface area contributed by atoms with Crippen LogP contribution in [0.1, 0.15) is 26.3 Å². The van der Waals surface area contributed by atoms with Gasteiger partial charge in [-0.05, 0) is 41.3 Å². The summed E-state index contributed by atoms with van der Waals surface area (Å²) in [5.74, 6) is 1.93. The molecule has 0 saturated heterocycles. The number of aromatic nitrogens is 3. The molecule has 0 aliphatic heterocycles. The fourth-order valence-corrected chi connectivity index (χ4v) is 4.60. The fraction of sp³-hybridized carbons (Fsp3) is 0.125. The van der Waals surface area contributed by atoms with E-state index in [2.05, 4.69) is 55.7 Å². The molecular weight excluding hydrogens is 653 g/mol. The molecule has 0 aliphatic carbocycles. The summed E-state index contributed by atoms with van der Waals surface area (Å²) in [6, 6.07) is 32.5. The Hall–Kier alpha value is -3.95. The second kappa shape index (κ2) is 10.1. The van der Waals surface area contributed by atoms with Crippen LogP contribution >= 0.6 is 0 Å². The monoisotopic (exact) mass is 679 g/mol. The van der Waals surface area contributed by atoms with Crippen molar-refractivity contribution in [3.8, 4) is 34.3 Å². The van der Waals surface area contributed by atoms with Crippen LogP contribution in [-0.2, 0) is 26.5 Å². The van der Waals surface area contributed by atoms with Crippen LogP contribution in [0.4, 0.5) is 0 Å². The zero-order chi connectivity index (χ0) is 25.6. The van der Waals surface area contributed by atoms with Gasteiger partial charge in [0.1, 0.15) is 11.5 Å². The van der Waals surface area contributed by atoms with Crippen molar-refractivity contribution in [2.45, 2.75) is 26.2 Å². The first-order valence-electron chi connectivity index (χ1n) is 12.2. The minimum atomic E-state index is -0.136. The molecule has 5 nitrogen and oxygen atoms in total. The van der Waals surface area contributed by atoms with Gasteiger partial charge in [-0.2, -0.15) is 4.98 Å². The number of pyridine rings is 2. The first-order chi connectivity index (χ1) is 17.9. The Morgan fingerprint density at radius 2 is 1.61 bits per heavy atom. The van der Waals surface area contributed by atoms with Crippen molar-refractivity contribution >= 4 is 21.9 Å². The summed E-state index contributed by atoms with van der Waals surface area (Å²) in [5.41, 5.74) is 4.28. The number of rotatable bonds is 4. The second-order valence-electron chi connectivity index (χ2n) is 10.1. The molecule has 0 radical (unpaired) electrons. The molecule has 6 rings (SSSR count). The predicted octanol–water partition coefficient (Wildman–Crippen LogP) is 7.83. The summed E-state index contributed by atoms with van der Waals surface area (Å²) in [5, 5.41) is 12.5. The van der Waals surface area contributed by atoms with Gasteiger partial charge in [-0.15, -0.1) is 23.8 Å². The summed E-state index contributed by atoms with van der Waals surface area (Å²) in [6.45, 7) is 6.51. The van der Waals surface area contributed by atoms with Gasteiger partial charge in [-0.3, -0.25) is 4.57 Å². The van der Waals surface area contributed by atoms with E-state index in [0.717, 1.165) is 38.9 Å². The van der Waals surface area contributed by atoms with Crippen molar-refractivity contribution in [2.24, 2.45) is 0 Å². The number of nitrogens with zero attached hydrogens (tertiary/aromatic N) is 3. The average molecular weight is 680 g/mol. The van der Waals surface area contributed by atoms with Crippen molar-refractivity contribution in [3.63, 3.8) is 0 Å². The molecule has 6 aromatic rings. The van der Waals surface area contributed by atoms with E-state index in [-0.39, 0.29) is 32.2 Å². The molecule has 0 fully saturated rings. The molecule has 0 saturated carbocycles. The Morgan fingerprint density at radius 3 is 2.42 bits per heavy atom. The van der Waals surface area contributed by atoms with Crippen LogP contribution in [0.25, 0.3) is 38.9 Å². The Bertz CT molecular complexity index is 1720. The number of aromatic hydroxyl groups is 1. The number of ether oxygens (including phenoxy) is 1. The fourth-order valence-electron chi connectivity index (χ4n) is 4.60. The van der Waals surface area contributed by atoms with E-state index >= 15 is 0 Å². The van der Waals surface area contributed by atoms with Gasteiger partial charge >= 0.3 is 0 Å². The number of hydrogen-bond donors (Lipinski definition) is 1. The van der Waals surface area contributed by atoms with Gasteiger partial charge in [0.05, 0.1) is 11.3 Å². The van der Waals surface area contributed by atoms with E-state index in [4.69, 9.17) is 14.7 Å². The Morgan fingerprint density at radius 1 is 0.842 bits per heavy atom. The van der Waals surface area contributed by atoms with E-state index in [9.17, 15) is 5.11 Å². The maximum absolute atomic E-state index is 10.3. The molecule has 192 valence electrons. The molecule has 3 heterocycles. The molecule has 3 aromatic heterocycles. The van der Waals surface area contributed by atoms with Crippen molar-refractivity contribution < 1.29 is 30.9 Å². The van der Waals surface area contributed by atoms with Crippen LogP contribution in [0.5, 0.6) is 17.4 Å². The van der Waals surface area contributed by atoms with Crippen LogP contribution in [0.15, 0.2) is 97.2 Å². The van der Waals surface area contributed by atoms with E-state index in [0.29, 0.717) is 17.2 Å². The summed E-state index contributed by atoms with van der Waals surface area (Å²) >= 11 is 0. The van der Waals surface area contributed by atoms with Gasteiger partial charge in [-0.25, -0.2) is 4.98 Å². The molecule has 0 bridgehead atoms. The van der Waals surface area contributed by atoms with E-state index in [1.165, 1.54) is 0 Å². The molecule has 0 aliphatic rings. The largest absolute Gasteiger partial charge is 0.517 e. The SMILES string of the molecule is CC(C)(C)c1cc(Oc2[c-]c(-c3ccccc3O)ccc2)nc(-n2c3ccccc3c3cccnc32)c1.[Pt]. The van der Waals surface area contributed by atoms with E-state index in [1.54, 1.807) is 12.1 Å². The summed E-state index contributed by atoms with van der Waals surface area (Å²) in [7, 11) is 0. The molecule has 6 heteroatoms. The minimum Gasteiger partial charge on any atom is -0.517 e. The zero-order valence-corrected chi connectivity index (χ0v) is 23.5. The molecule has 0 unspecified atom stereocenters. The Kier molecular flexibility index (Phi) is 6.81. The van der Waals surface area contributed by atoms with Crippen molar-refractivity contribution in [2.75, 3.05) is 0 Å². The topological polar surface area (TPSA) is 60.2 Å². The number of phenolic OH excluding ortho intramolecular Hbond substituents is 1. The third-order valence-corrected chi connectivity index (χ3v) is 6.49. The van der Waals surface area contributed by atoms with Crippen LogP contribution in [0, 0.1) is 6.07 Å². The molecule has 0 atom stereocenters. The van der Waals surface area contributed by atoms with E-state index in [1.807, 2.05) is 60.8 Å². The van der Waals surface area contributed by atoms with Crippen LogP contribution in [-0.4, -0.2) is 19.6 Å². The minimum absolute atomic E-state index is 0. The normalized spacial score (nSPS) is 11.4. The number of hydrogen-bond acceptors (Lipinski definition) is 4. The first kappa shape index (κ1) is 25.7. The van der Waals surface area contributed by atoms with Crippen molar-refractivity contribution in [1.82, 2.24) is 14.5 Å².